The summed E-state index contributed by atoms with van der Waals surface area (Å²) < 4.78 is 29.1. The molecule has 0 saturated carbocycles. The second-order valence-corrected chi connectivity index (χ2v) is 7.55. The van der Waals surface area contributed by atoms with E-state index in [2.05, 4.69) is 35.7 Å². The maximum Gasteiger partial charge on any atom is 0.272 e. The van der Waals surface area contributed by atoms with Crippen LogP contribution in [0.2, 0.25) is 0 Å². The summed E-state index contributed by atoms with van der Waals surface area (Å²) in [7, 11) is -3.62. The molecule has 0 amide bonds. The minimum absolute atomic E-state index is 0.225. The second kappa shape index (κ2) is 5.54. The number of thiophene rings is 1. The Hall–Kier alpha value is -1.78. The molecule has 0 spiro atoms. The Morgan fingerprint density at radius 1 is 1.29 bits per heavy atom. The Bertz CT molecular complexity index is 843. The number of halogens is 1. The third kappa shape index (κ3) is 2.96. The van der Waals surface area contributed by atoms with E-state index in [1.54, 1.807) is 23.6 Å². The molecule has 108 valence electrons. The summed E-state index contributed by atoms with van der Waals surface area (Å²) in [6, 6.07) is 4.95. The molecule has 0 saturated heterocycles. The normalized spacial score (nSPS) is 11.5. The van der Waals surface area contributed by atoms with Crippen molar-refractivity contribution in [3.63, 3.8) is 0 Å². The van der Waals surface area contributed by atoms with Gasteiger partial charge in [-0.2, -0.15) is 5.10 Å². The molecule has 0 radical (unpaired) electrons. The van der Waals surface area contributed by atoms with Crippen LogP contribution in [-0.4, -0.2) is 28.2 Å². The number of nitrogens with zero attached hydrogens (tertiary/aromatic N) is 4. The van der Waals surface area contributed by atoms with Gasteiger partial charge in [-0.1, -0.05) is 0 Å². The Morgan fingerprint density at radius 2 is 2.14 bits per heavy atom. The van der Waals surface area contributed by atoms with Crippen LogP contribution < -0.4 is 4.72 Å². The predicted molar refractivity (Wildman–Crippen MR) is 82.0 cm³/mol. The highest BCUT2D eigenvalue weighted by atomic mass is 79.9. The molecular weight excluding hydrogens is 378 g/mol. The summed E-state index contributed by atoms with van der Waals surface area (Å²) in [6.45, 7) is 0. The molecule has 21 heavy (non-hydrogen) atoms. The van der Waals surface area contributed by atoms with Gasteiger partial charge in [0.15, 0.2) is 10.0 Å². The molecule has 7 nitrogen and oxygen atoms in total. The van der Waals surface area contributed by atoms with Crippen molar-refractivity contribution >= 4 is 43.0 Å². The van der Waals surface area contributed by atoms with Crippen LogP contribution in [0.1, 0.15) is 0 Å². The standard InChI is InChI=1S/C11H8BrN5O2S2/c12-9-3-4-20-11(9)21(18,19)16-8-1-2-10(14-5-8)17-7-13-6-15-17/h1-7,16H. The molecule has 3 aromatic rings. The first kappa shape index (κ1) is 14.2. The minimum Gasteiger partial charge on any atom is -0.277 e. The average Bonchev–Trinajstić information content (AvgIpc) is 3.10. The number of pyridine rings is 1. The smallest absolute Gasteiger partial charge is 0.272 e. The van der Waals surface area contributed by atoms with E-state index in [4.69, 9.17) is 0 Å². The number of aromatic nitrogens is 4. The molecule has 0 aromatic carbocycles. The van der Waals surface area contributed by atoms with Crippen molar-refractivity contribution in [3.8, 4) is 5.82 Å². The molecule has 10 heteroatoms. The fraction of sp³-hybridized carbons (Fsp3) is 0. The molecule has 0 fully saturated rings. The number of hydrogen-bond donors (Lipinski definition) is 1. The minimum atomic E-state index is -3.62. The molecule has 0 unspecified atom stereocenters. The van der Waals surface area contributed by atoms with E-state index in [9.17, 15) is 8.42 Å². The lowest BCUT2D eigenvalue weighted by molar-refractivity contribution is 0.603. The summed E-state index contributed by atoms with van der Waals surface area (Å²) in [5.74, 6) is 0.549. The quantitative estimate of drug-likeness (QED) is 0.743. The molecular formula is C11H8BrN5O2S2. The summed E-state index contributed by atoms with van der Waals surface area (Å²) in [6.07, 6.45) is 4.33. The monoisotopic (exact) mass is 385 g/mol. The second-order valence-electron chi connectivity index (χ2n) is 3.91. The molecule has 0 atom stereocenters. The van der Waals surface area contributed by atoms with Crippen LogP contribution in [-0.2, 0) is 10.0 Å². The van der Waals surface area contributed by atoms with Crippen molar-refractivity contribution < 1.29 is 8.42 Å². The zero-order valence-corrected chi connectivity index (χ0v) is 13.6. The van der Waals surface area contributed by atoms with Crippen LogP contribution in [0, 0.1) is 0 Å². The summed E-state index contributed by atoms with van der Waals surface area (Å²) in [5, 5.41) is 5.64. The van der Waals surface area contributed by atoms with Gasteiger partial charge < -0.3 is 0 Å². The Balaban J connectivity index is 1.84. The van der Waals surface area contributed by atoms with Gasteiger partial charge in [0.25, 0.3) is 10.0 Å². The molecule has 1 N–H and O–H groups in total. The predicted octanol–water partition coefficient (Wildman–Crippen LogP) is 2.29. The molecule has 0 aliphatic heterocycles. The lowest BCUT2D eigenvalue weighted by Crippen LogP contribution is -2.12. The first-order valence-corrected chi connectivity index (χ1v) is 8.79. The van der Waals surface area contributed by atoms with E-state index in [-0.39, 0.29) is 4.21 Å². The van der Waals surface area contributed by atoms with Crippen molar-refractivity contribution in [2.45, 2.75) is 4.21 Å². The van der Waals surface area contributed by atoms with Crippen LogP contribution in [0.4, 0.5) is 5.69 Å². The number of hydrogen-bond acceptors (Lipinski definition) is 6. The largest absolute Gasteiger partial charge is 0.277 e. The van der Waals surface area contributed by atoms with Gasteiger partial charge in [0.1, 0.15) is 12.7 Å². The van der Waals surface area contributed by atoms with Gasteiger partial charge in [0.2, 0.25) is 0 Å². The molecule has 0 aliphatic carbocycles. The van der Waals surface area contributed by atoms with Gasteiger partial charge >= 0.3 is 0 Å². The van der Waals surface area contributed by atoms with Crippen LogP contribution >= 0.6 is 27.3 Å². The zero-order chi connectivity index (χ0) is 14.9. The zero-order valence-electron chi connectivity index (χ0n) is 10.3. The number of anilines is 1. The lowest BCUT2D eigenvalue weighted by Gasteiger charge is -2.07. The topological polar surface area (TPSA) is 89.8 Å². The summed E-state index contributed by atoms with van der Waals surface area (Å²) in [4.78, 5) is 7.95. The van der Waals surface area contributed by atoms with Crippen LogP contribution in [0.3, 0.4) is 0 Å². The molecule has 0 bridgehead atoms. The summed E-state index contributed by atoms with van der Waals surface area (Å²) >= 11 is 4.35. The summed E-state index contributed by atoms with van der Waals surface area (Å²) in [5.41, 5.74) is 0.374. The molecule has 3 rings (SSSR count). The van der Waals surface area contributed by atoms with Crippen molar-refractivity contribution in [1.29, 1.82) is 0 Å². The maximum absolute atomic E-state index is 12.2. The van der Waals surface area contributed by atoms with E-state index < -0.39 is 10.0 Å². The Kier molecular flexibility index (Phi) is 3.74. The highest BCUT2D eigenvalue weighted by molar-refractivity contribution is 9.10. The van der Waals surface area contributed by atoms with Crippen LogP contribution in [0.15, 0.2) is 51.1 Å². The highest BCUT2D eigenvalue weighted by Crippen LogP contribution is 2.29. The van der Waals surface area contributed by atoms with E-state index in [0.717, 1.165) is 11.3 Å². The highest BCUT2D eigenvalue weighted by Gasteiger charge is 2.19. The Morgan fingerprint density at radius 3 is 2.71 bits per heavy atom. The van der Waals surface area contributed by atoms with Gasteiger partial charge in [0.05, 0.1) is 11.9 Å². The molecule has 3 heterocycles. The van der Waals surface area contributed by atoms with Crippen LogP contribution in [0.5, 0.6) is 0 Å². The molecule has 0 aliphatic rings. The van der Waals surface area contributed by atoms with E-state index >= 15 is 0 Å². The first-order chi connectivity index (χ1) is 10.1. The van der Waals surface area contributed by atoms with Gasteiger partial charge in [-0.3, -0.25) is 4.72 Å². The SMILES string of the molecule is O=S(=O)(Nc1ccc(-n2cncn2)nc1)c1sccc1Br. The average molecular weight is 386 g/mol. The third-order valence-electron chi connectivity index (χ3n) is 2.48. The maximum atomic E-state index is 12.2. The van der Waals surface area contributed by atoms with Gasteiger partial charge in [-0.15, -0.1) is 11.3 Å². The van der Waals surface area contributed by atoms with Gasteiger partial charge in [0, 0.05) is 4.47 Å². The first-order valence-electron chi connectivity index (χ1n) is 5.63. The number of rotatable bonds is 4. The molecule has 3 aromatic heterocycles. The lowest BCUT2D eigenvalue weighted by atomic mass is 10.4. The van der Waals surface area contributed by atoms with Gasteiger partial charge in [-0.25, -0.2) is 23.1 Å². The van der Waals surface area contributed by atoms with Crippen molar-refractivity contribution in [2.24, 2.45) is 0 Å². The van der Waals surface area contributed by atoms with E-state index in [0.29, 0.717) is 16.0 Å². The van der Waals surface area contributed by atoms with Crippen molar-refractivity contribution in [1.82, 2.24) is 19.7 Å². The van der Waals surface area contributed by atoms with Gasteiger partial charge in [-0.05, 0) is 39.5 Å². The van der Waals surface area contributed by atoms with E-state index in [1.165, 1.54) is 23.5 Å². The third-order valence-corrected chi connectivity index (χ3v) is 6.53. The number of sulfonamides is 1. The van der Waals surface area contributed by atoms with Crippen molar-refractivity contribution in [2.75, 3.05) is 4.72 Å². The van der Waals surface area contributed by atoms with Crippen molar-refractivity contribution in [3.05, 3.63) is 46.9 Å². The fourth-order valence-electron chi connectivity index (χ4n) is 1.58. The van der Waals surface area contributed by atoms with Crippen LogP contribution in [0.25, 0.3) is 5.82 Å². The fourth-order valence-corrected chi connectivity index (χ4v) is 4.96. The number of nitrogens with one attached hydrogen (secondary N) is 1. The van der Waals surface area contributed by atoms with E-state index in [1.807, 2.05) is 0 Å². The Labute approximate surface area is 132 Å².